The minimum atomic E-state index is -3.83. The lowest BCUT2D eigenvalue weighted by atomic mass is 10.2. The van der Waals surface area contributed by atoms with E-state index in [9.17, 15) is 13.2 Å². The quantitative estimate of drug-likeness (QED) is 0.900. The van der Waals surface area contributed by atoms with Crippen molar-refractivity contribution in [3.63, 3.8) is 0 Å². The number of hydrogen-bond acceptors (Lipinski definition) is 4. The number of nitrogens with one attached hydrogen (secondary N) is 1. The molecule has 0 saturated heterocycles. The summed E-state index contributed by atoms with van der Waals surface area (Å²) in [6.45, 7) is 3.30. The molecule has 2 rings (SSSR count). The largest absolute Gasteiger partial charge is 0.456 e. The van der Waals surface area contributed by atoms with E-state index in [2.05, 4.69) is 5.32 Å². The number of sulfonamides is 1. The van der Waals surface area contributed by atoms with Gasteiger partial charge in [0.05, 0.1) is 4.90 Å². The van der Waals surface area contributed by atoms with Crippen LogP contribution in [0.1, 0.15) is 21.9 Å². The topological polar surface area (TPSA) is 102 Å². The Morgan fingerprint density at radius 2 is 1.90 bits per heavy atom. The average Bonchev–Trinajstić information content (AvgIpc) is 2.77. The van der Waals surface area contributed by atoms with E-state index in [0.29, 0.717) is 17.0 Å². The summed E-state index contributed by atoms with van der Waals surface area (Å²) in [6, 6.07) is 7.71. The number of anilines is 1. The molecule has 0 aliphatic carbocycles. The fourth-order valence-corrected chi connectivity index (χ4v) is 2.60. The molecule has 6 nitrogen and oxygen atoms in total. The highest BCUT2D eigenvalue weighted by Gasteiger charge is 2.16. The van der Waals surface area contributed by atoms with E-state index in [4.69, 9.17) is 9.56 Å². The van der Waals surface area contributed by atoms with E-state index in [1.165, 1.54) is 12.1 Å². The summed E-state index contributed by atoms with van der Waals surface area (Å²) in [4.78, 5) is 11.9. The maximum Gasteiger partial charge on any atom is 0.291 e. The molecule has 2 aromatic rings. The second-order valence-corrected chi connectivity index (χ2v) is 5.87. The van der Waals surface area contributed by atoms with Crippen LogP contribution in [0, 0.1) is 13.8 Å². The van der Waals surface area contributed by atoms with E-state index >= 15 is 0 Å². The van der Waals surface area contributed by atoms with Gasteiger partial charge in [-0.15, -0.1) is 0 Å². The van der Waals surface area contributed by atoms with Crippen LogP contribution in [0.5, 0.6) is 0 Å². The highest BCUT2D eigenvalue weighted by molar-refractivity contribution is 7.89. The summed E-state index contributed by atoms with van der Waals surface area (Å²) >= 11 is 0. The molecule has 1 aromatic carbocycles. The molecule has 1 heterocycles. The van der Waals surface area contributed by atoms with Crippen molar-refractivity contribution in [2.45, 2.75) is 18.7 Å². The van der Waals surface area contributed by atoms with Crippen molar-refractivity contribution < 1.29 is 17.6 Å². The molecule has 7 heteroatoms. The van der Waals surface area contributed by atoms with Crippen LogP contribution < -0.4 is 10.5 Å². The Bertz CT molecular complexity index is 762. The molecular formula is C13H14N2O4S. The SMILES string of the molecule is Cc1ccc(C(=O)Nc2cccc(S(N)(=O)=O)c2C)o1. The van der Waals surface area contributed by atoms with Crippen molar-refractivity contribution in [2.24, 2.45) is 5.14 Å². The second-order valence-electron chi connectivity index (χ2n) is 4.34. The van der Waals surface area contributed by atoms with Crippen LogP contribution in [0.2, 0.25) is 0 Å². The second kappa shape index (κ2) is 5.10. The Morgan fingerprint density at radius 3 is 2.45 bits per heavy atom. The molecule has 20 heavy (non-hydrogen) atoms. The number of amides is 1. The molecule has 1 aromatic heterocycles. The van der Waals surface area contributed by atoms with Crippen LogP contribution in [0.25, 0.3) is 0 Å². The maximum atomic E-state index is 12.0. The molecular weight excluding hydrogens is 280 g/mol. The van der Waals surface area contributed by atoms with Gasteiger partial charge >= 0.3 is 0 Å². The van der Waals surface area contributed by atoms with E-state index in [0.717, 1.165) is 0 Å². The molecule has 106 valence electrons. The van der Waals surface area contributed by atoms with E-state index in [-0.39, 0.29) is 10.7 Å². The van der Waals surface area contributed by atoms with Crippen LogP contribution in [-0.4, -0.2) is 14.3 Å². The molecule has 0 spiro atoms. The molecule has 0 saturated carbocycles. The summed E-state index contributed by atoms with van der Waals surface area (Å²) in [5.74, 6) is 0.320. The summed E-state index contributed by atoms with van der Waals surface area (Å²) in [5, 5.41) is 7.71. The Labute approximate surface area is 116 Å². The van der Waals surface area contributed by atoms with Crippen molar-refractivity contribution >= 4 is 21.6 Å². The van der Waals surface area contributed by atoms with Gasteiger partial charge in [-0.05, 0) is 43.7 Å². The molecule has 0 atom stereocenters. The van der Waals surface area contributed by atoms with Gasteiger partial charge in [-0.3, -0.25) is 4.79 Å². The number of carbonyl (C=O) groups is 1. The molecule has 0 aliphatic heterocycles. The van der Waals surface area contributed by atoms with Gasteiger partial charge < -0.3 is 9.73 Å². The van der Waals surface area contributed by atoms with E-state index in [1.54, 1.807) is 32.0 Å². The van der Waals surface area contributed by atoms with Crippen LogP contribution in [0.15, 0.2) is 39.6 Å². The Hall–Kier alpha value is -2.12. The number of carbonyl (C=O) groups excluding carboxylic acids is 1. The summed E-state index contributed by atoms with van der Waals surface area (Å²) in [5.41, 5.74) is 0.752. The number of nitrogens with two attached hydrogens (primary N) is 1. The molecule has 0 bridgehead atoms. The van der Waals surface area contributed by atoms with Crippen LogP contribution in [0.4, 0.5) is 5.69 Å². The Balaban J connectivity index is 2.33. The zero-order chi connectivity index (χ0) is 14.9. The third kappa shape index (κ3) is 2.89. The monoisotopic (exact) mass is 294 g/mol. The lowest BCUT2D eigenvalue weighted by Gasteiger charge is -2.10. The number of hydrogen-bond donors (Lipinski definition) is 2. The van der Waals surface area contributed by atoms with Gasteiger partial charge in [0.1, 0.15) is 5.76 Å². The molecule has 3 N–H and O–H groups in total. The normalized spacial score (nSPS) is 11.3. The highest BCUT2D eigenvalue weighted by Crippen LogP contribution is 2.22. The summed E-state index contributed by atoms with van der Waals surface area (Å²) in [6.07, 6.45) is 0. The summed E-state index contributed by atoms with van der Waals surface area (Å²) in [7, 11) is -3.83. The van der Waals surface area contributed by atoms with Gasteiger partial charge in [0, 0.05) is 5.69 Å². The van der Waals surface area contributed by atoms with Gasteiger partial charge in [-0.2, -0.15) is 0 Å². The molecule has 1 amide bonds. The van der Waals surface area contributed by atoms with Gasteiger partial charge in [-0.1, -0.05) is 6.07 Å². The molecule has 0 unspecified atom stereocenters. The van der Waals surface area contributed by atoms with Gasteiger partial charge in [0.15, 0.2) is 5.76 Å². The van der Waals surface area contributed by atoms with Gasteiger partial charge in [0.25, 0.3) is 5.91 Å². The zero-order valence-corrected chi connectivity index (χ0v) is 11.8. The lowest BCUT2D eigenvalue weighted by molar-refractivity contribution is 0.0995. The fraction of sp³-hybridized carbons (Fsp3) is 0.154. The van der Waals surface area contributed by atoms with Crippen LogP contribution in [-0.2, 0) is 10.0 Å². The smallest absolute Gasteiger partial charge is 0.291 e. The number of aryl methyl sites for hydroxylation is 1. The van der Waals surface area contributed by atoms with Crippen molar-refractivity contribution in [1.29, 1.82) is 0 Å². The first kappa shape index (κ1) is 14.3. The van der Waals surface area contributed by atoms with Gasteiger partial charge in [0.2, 0.25) is 10.0 Å². The Morgan fingerprint density at radius 1 is 1.20 bits per heavy atom. The fourth-order valence-electron chi connectivity index (χ4n) is 1.80. The first-order valence-electron chi connectivity index (χ1n) is 5.79. The zero-order valence-electron chi connectivity index (χ0n) is 11.0. The molecule has 0 aliphatic rings. The standard InChI is InChI=1S/C13H14N2O4S/c1-8-6-7-11(19-8)13(16)15-10-4-3-5-12(9(10)2)20(14,17)18/h3-7H,1-2H3,(H,15,16)(H2,14,17,18). The van der Waals surface area contributed by atoms with Crippen molar-refractivity contribution in [3.8, 4) is 0 Å². The third-order valence-corrected chi connectivity index (χ3v) is 3.86. The average molecular weight is 294 g/mol. The lowest BCUT2D eigenvalue weighted by Crippen LogP contribution is -2.16. The van der Waals surface area contributed by atoms with Crippen LogP contribution in [0.3, 0.4) is 0 Å². The number of rotatable bonds is 3. The first-order chi connectivity index (χ1) is 9.29. The van der Waals surface area contributed by atoms with E-state index < -0.39 is 15.9 Å². The minimum Gasteiger partial charge on any atom is -0.456 e. The highest BCUT2D eigenvalue weighted by atomic mass is 32.2. The third-order valence-electron chi connectivity index (χ3n) is 2.80. The van der Waals surface area contributed by atoms with Gasteiger partial charge in [-0.25, -0.2) is 13.6 Å². The molecule has 0 radical (unpaired) electrons. The van der Waals surface area contributed by atoms with E-state index in [1.807, 2.05) is 0 Å². The van der Waals surface area contributed by atoms with Crippen molar-refractivity contribution in [3.05, 3.63) is 47.4 Å². The number of furan rings is 1. The summed E-state index contributed by atoms with van der Waals surface area (Å²) < 4.78 is 28.0. The van der Waals surface area contributed by atoms with Crippen molar-refractivity contribution in [1.82, 2.24) is 0 Å². The number of benzene rings is 1. The Kier molecular flexibility index (Phi) is 3.65. The van der Waals surface area contributed by atoms with Crippen LogP contribution >= 0.6 is 0 Å². The minimum absolute atomic E-state index is 0.0223. The predicted molar refractivity (Wildman–Crippen MR) is 74.0 cm³/mol. The number of primary sulfonamides is 1. The predicted octanol–water partition coefficient (Wildman–Crippen LogP) is 1.80. The molecule has 0 fully saturated rings. The van der Waals surface area contributed by atoms with Crippen molar-refractivity contribution in [2.75, 3.05) is 5.32 Å². The first-order valence-corrected chi connectivity index (χ1v) is 7.34. The maximum absolute atomic E-state index is 12.0.